The van der Waals surface area contributed by atoms with Crippen LogP contribution < -0.4 is 0 Å². The molecule has 0 aliphatic heterocycles. The van der Waals surface area contributed by atoms with E-state index in [0.29, 0.717) is 10.8 Å². The molecule has 26 heavy (non-hydrogen) atoms. The van der Waals surface area contributed by atoms with Crippen LogP contribution in [0.3, 0.4) is 0 Å². The van der Waals surface area contributed by atoms with Crippen LogP contribution in [-0.4, -0.2) is 44.3 Å². The van der Waals surface area contributed by atoms with Crippen LogP contribution in [0.1, 0.15) is 41.4 Å². The van der Waals surface area contributed by atoms with Gasteiger partial charge in [0.2, 0.25) is 0 Å². The molecule has 8 heteroatoms. The molecule has 0 bridgehead atoms. The molecule has 0 amide bonds. The molecule has 0 atom stereocenters. The Kier molecular flexibility index (Phi) is 3.80. The summed E-state index contributed by atoms with van der Waals surface area (Å²) in [6.45, 7) is 0. The van der Waals surface area contributed by atoms with Crippen molar-refractivity contribution >= 4 is 45.4 Å². The van der Waals surface area contributed by atoms with Crippen LogP contribution in [-0.2, 0) is 0 Å². The number of hydrogen-bond donors (Lipinski definition) is 4. The summed E-state index contributed by atoms with van der Waals surface area (Å²) in [5.41, 5.74) is -1.44. The number of aromatic carboxylic acids is 4. The monoisotopic (exact) mass is 354 g/mol. The summed E-state index contributed by atoms with van der Waals surface area (Å²) < 4.78 is 0. The van der Waals surface area contributed by atoms with Crippen LogP contribution >= 0.6 is 0 Å². The summed E-state index contributed by atoms with van der Waals surface area (Å²) in [6.07, 6.45) is 0. The molecule has 3 aromatic rings. The predicted octanol–water partition coefficient (Wildman–Crippen LogP) is 2.79. The van der Waals surface area contributed by atoms with E-state index in [1.165, 1.54) is 24.3 Å². The predicted molar refractivity (Wildman–Crippen MR) is 89.3 cm³/mol. The topological polar surface area (TPSA) is 149 Å². The van der Waals surface area contributed by atoms with E-state index < -0.39 is 35.0 Å². The van der Waals surface area contributed by atoms with Crippen molar-refractivity contribution in [3.63, 3.8) is 0 Å². The number of carbonyl (C=O) groups is 4. The maximum absolute atomic E-state index is 11.6. The van der Waals surface area contributed by atoms with Crippen LogP contribution in [0, 0.1) is 0 Å². The first-order valence-corrected chi connectivity index (χ1v) is 7.19. The average Bonchev–Trinajstić information content (AvgIpc) is 2.58. The number of fused-ring (bicyclic) bond motifs is 3. The highest BCUT2D eigenvalue weighted by Gasteiger charge is 2.23. The molecular weight excluding hydrogens is 344 g/mol. The highest BCUT2D eigenvalue weighted by Crippen LogP contribution is 2.33. The quantitative estimate of drug-likeness (QED) is 0.522. The van der Waals surface area contributed by atoms with Crippen molar-refractivity contribution in [2.45, 2.75) is 0 Å². The molecule has 0 aliphatic carbocycles. The third-order valence-electron chi connectivity index (χ3n) is 4.06. The number of carboxylic acids is 4. The first kappa shape index (κ1) is 16.9. The highest BCUT2D eigenvalue weighted by molar-refractivity contribution is 6.22. The zero-order valence-electron chi connectivity index (χ0n) is 12.9. The second-order valence-corrected chi connectivity index (χ2v) is 5.49. The van der Waals surface area contributed by atoms with Crippen molar-refractivity contribution in [3.05, 3.63) is 58.7 Å². The molecule has 0 unspecified atom stereocenters. The van der Waals surface area contributed by atoms with Crippen molar-refractivity contribution in [1.29, 1.82) is 0 Å². The van der Waals surface area contributed by atoms with Crippen molar-refractivity contribution in [2.24, 2.45) is 0 Å². The molecule has 0 fully saturated rings. The van der Waals surface area contributed by atoms with E-state index in [-0.39, 0.29) is 21.9 Å². The van der Waals surface area contributed by atoms with Crippen LogP contribution in [0.15, 0.2) is 36.4 Å². The Balaban J connectivity index is 2.58. The van der Waals surface area contributed by atoms with Crippen molar-refractivity contribution in [2.75, 3.05) is 0 Å². The summed E-state index contributed by atoms with van der Waals surface area (Å²) in [6, 6.07) is 7.38. The van der Waals surface area contributed by atoms with Crippen LogP contribution in [0.5, 0.6) is 0 Å². The van der Waals surface area contributed by atoms with E-state index in [0.717, 1.165) is 12.1 Å². The molecular formula is C18H10O8. The average molecular weight is 354 g/mol. The van der Waals surface area contributed by atoms with E-state index in [4.69, 9.17) is 5.11 Å². The largest absolute Gasteiger partial charge is 0.478 e. The van der Waals surface area contributed by atoms with Gasteiger partial charge in [0, 0.05) is 0 Å². The lowest BCUT2D eigenvalue weighted by molar-refractivity contribution is 0.0653. The Bertz CT molecular complexity index is 1140. The summed E-state index contributed by atoms with van der Waals surface area (Å²) in [7, 11) is 0. The summed E-state index contributed by atoms with van der Waals surface area (Å²) in [5.74, 6) is -5.60. The van der Waals surface area contributed by atoms with E-state index in [2.05, 4.69) is 0 Å². The highest BCUT2D eigenvalue weighted by atomic mass is 16.4. The lowest BCUT2D eigenvalue weighted by Crippen LogP contribution is -2.10. The van der Waals surface area contributed by atoms with Gasteiger partial charge in [0.15, 0.2) is 0 Å². The van der Waals surface area contributed by atoms with Gasteiger partial charge in [-0.25, -0.2) is 19.2 Å². The Hall–Kier alpha value is -3.94. The van der Waals surface area contributed by atoms with Crippen LogP contribution in [0.2, 0.25) is 0 Å². The van der Waals surface area contributed by atoms with E-state index >= 15 is 0 Å². The van der Waals surface area contributed by atoms with Gasteiger partial charge in [0.1, 0.15) is 0 Å². The molecule has 0 saturated carbocycles. The lowest BCUT2D eigenvalue weighted by Gasteiger charge is -2.12. The standard InChI is InChI=1S/C18H10O8/c19-15(20)7-1-2-8-9-3-4-10(16(21)22)14(18(25)26)12(9)6-13(17(23)24)11(8)5-7/h1-6H,(H,19,20)(H,21,22)(H,23,24)(H,25,26). The fraction of sp³-hybridized carbons (Fsp3) is 0. The van der Waals surface area contributed by atoms with Gasteiger partial charge in [0.05, 0.1) is 22.3 Å². The second kappa shape index (κ2) is 5.85. The minimum atomic E-state index is -1.51. The SMILES string of the molecule is O=C(O)c1ccc2c(c1)c(C(=O)O)cc1c(C(=O)O)c(C(=O)O)ccc12. The smallest absolute Gasteiger partial charge is 0.337 e. The van der Waals surface area contributed by atoms with Gasteiger partial charge in [-0.05, 0) is 45.8 Å². The van der Waals surface area contributed by atoms with Gasteiger partial charge in [-0.15, -0.1) is 0 Å². The van der Waals surface area contributed by atoms with Crippen LogP contribution in [0.25, 0.3) is 21.5 Å². The maximum Gasteiger partial charge on any atom is 0.337 e. The molecule has 130 valence electrons. The lowest BCUT2D eigenvalue weighted by atomic mass is 9.91. The number of rotatable bonds is 4. The van der Waals surface area contributed by atoms with Gasteiger partial charge in [-0.3, -0.25) is 0 Å². The maximum atomic E-state index is 11.6. The zero-order valence-corrected chi connectivity index (χ0v) is 12.9. The first-order valence-electron chi connectivity index (χ1n) is 7.19. The Morgan fingerprint density at radius 3 is 1.65 bits per heavy atom. The summed E-state index contributed by atoms with van der Waals surface area (Å²) in [4.78, 5) is 45.7. The minimum absolute atomic E-state index is 0.0506. The van der Waals surface area contributed by atoms with Crippen molar-refractivity contribution in [1.82, 2.24) is 0 Å². The summed E-state index contributed by atoms with van der Waals surface area (Å²) >= 11 is 0. The van der Waals surface area contributed by atoms with Crippen molar-refractivity contribution < 1.29 is 39.6 Å². The molecule has 0 aliphatic rings. The Labute approximate surface area is 144 Å². The molecule has 8 nitrogen and oxygen atoms in total. The van der Waals surface area contributed by atoms with E-state index in [9.17, 15) is 34.5 Å². The van der Waals surface area contributed by atoms with Gasteiger partial charge in [-0.2, -0.15) is 0 Å². The summed E-state index contributed by atoms with van der Waals surface area (Å²) in [5, 5.41) is 37.9. The van der Waals surface area contributed by atoms with E-state index in [1.54, 1.807) is 0 Å². The normalized spacial score (nSPS) is 10.8. The fourth-order valence-electron chi connectivity index (χ4n) is 2.95. The zero-order chi connectivity index (χ0) is 19.2. The molecule has 0 spiro atoms. The Morgan fingerprint density at radius 2 is 1.12 bits per heavy atom. The molecule has 0 heterocycles. The molecule has 3 rings (SSSR count). The fourth-order valence-corrected chi connectivity index (χ4v) is 2.95. The first-order chi connectivity index (χ1) is 12.2. The van der Waals surface area contributed by atoms with Gasteiger partial charge in [0.25, 0.3) is 0 Å². The number of hydrogen-bond acceptors (Lipinski definition) is 4. The third kappa shape index (κ3) is 2.49. The molecule has 0 aromatic heterocycles. The Morgan fingerprint density at radius 1 is 0.538 bits per heavy atom. The van der Waals surface area contributed by atoms with Gasteiger partial charge >= 0.3 is 23.9 Å². The molecule has 4 N–H and O–H groups in total. The van der Waals surface area contributed by atoms with Crippen molar-refractivity contribution in [3.8, 4) is 0 Å². The second-order valence-electron chi connectivity index (χ2n) is 5.49. The minimum Gasteiger partial charge on any atom is -0.478 e. The molecule has 0 radical (unpaired) electrons. The van der Waals surface area contributed by atoms with Crippen LogP contribution in [0.4, 0.5) is 0 Å². The molecule has 0 saturated heterocycles. The third-order valence-corrected chi connectivity index (χ3v) is 4.06. The van der Waals surface area contributed by atoms with Gasteiger partial charge < -0.3 is 20.4 Å². The number of carboxylic acid groups (broad SMARTS) is 4. The van der Waals surface area contributed by atoms with E-state index in [1.807, 2.05) is 0 Å². The molecule has 3 aromatic carbocycles. The number of benzene rings is 3. The van der Waals surface area contributed by atoms with Gasteiger partial charge in [-0.1, -0.05) is 12.1 Å².